The summed E-state index contributed by atoms with van der Waals surface area (Å²) in [4.78, 5) is 20.9. The number of rotatable bonds is 3. The number of benzene rings is 3. The van der Waals surface area contributed by atoms with Gasteiger partial charge in [0.05, 0.1) is 23.8 Å². The van der Waals surface area contributed by atoms with Crippen molar-refractivity contribution in [1.82, 2.24) is 14.5 Å². The molecule has 0 N–H and O–H groups in total. The number of pyridine rings is 1. The highest BCUT2D eigenvalue weighted by Gasteiger charge is 2.15. The van der Waals surface area contributed by atoms with Crippen LogP contribution in [-0.2, 0) is 6.54 Å². The molecule has 3 aromatic carbocycles. The van der Waals surface area contributed by atoms with Crippen LogP contribution >= 0.6 is 0 Å². The maximum absolute atomic E-state index is 14.9. The molecule has 0 aliphatic rings. The lowest BCUT2D eigenvalue weighted by Crippen LogP contribution is -2.22. The van der Waals surface area contributed by atoms with Gasteiger partial charge < -0.3 is 0 Å². The molecule has 5 rings (SSSR count). The first-order valence-electron chi connectivity index (χ1n) is 9.36. The Kier molecular flexibility index (Phi) is 4.32. The van der Waals surface area contributed by atoms with Crippen LogP contribution in [0, 0.1) is 11.6 Å². The first-order chi connectivity index (χ1) is 14.6. The largest absolute Gasteiger partial charge is 0.294 e. The average molecular weight is 399 g/mol. The van der Waals surface area contributed by atoms with Crippen molar-refractivity contribution < 1.29 is 8.78 Å². The van der Waals surface area contributed by atoms with Crippen LogP contribution in [0.1, 0.15) is 5.56 Å². The van der Waals surface area contributed by atoms with E-state index in [1.54, 1.807) is 36.7 Å². The molecule has 5 aromatic rings. The van der Waals surface area contributed by atoms with Gasteiger partial charge in [-0.3, -0.25) is 14.3 Å². The summed E-state index contributed by atoms with van der Waals surface area (Å²) in [5.74, 6) is -1.42. The second-order valence-corrected chi connectivity index (χ2v) is 7.05. The van der Waals surface area contributed by atoms with Crippen LogP contribution < -0.4 is 5.56 Å². The zero-order chi connectivity index (χ0) is 20.7. The molecule has 0 aliphatic heterocycles. The summed E-state index contributed by atoms with van der Waals surface area (Å²) in [5, 5.41) is 2.28. The third-order valence-electron chi connectivity index (χ3n) is 5.17. The van der Waals surface area contributed by atoms with Crippen LogP contribution in [0.2, 0.25) is 0 Å². The van der Waals surface area contributed by atoms with E-state index in [1.807, 2.05) is 24.3 Å². The van der Waals surface area contributed by atoms with Crippen molar-refractivity contribution in [3.63, 3.8) is 0 Å². The quantitative estimate of drug-likeness (QED) is 0.432. The summed E-state index contributed by atoms with van der Waals surface area (Å²) in [6, 6.07) is 16.9. The normalized spacial score (nSPS) is 11.3. The molecule has 2 heterocycles. The van der Waals surface area contributed by atoms with Crippen LogP contribution in [0.3, 0.4) is 0 Å². The maximum atomic E-state index is 14.9. The van der Waals surface area contributed by atoms with E-state index < -0.39 is 11.6 Å². The van der Waals surface area contributed by atoms with E-state index >= 15 is 0 Å². The number of halogens is 2. The molecule has 30 heavy (non-hydrogen) atoms. The minimum atomic E-state index is -0.712. The smallest absolute Gasteiger partial charge is 0.261 e. The summed E-state index contributed by atoms with van der Waals surface area (Å²) < 4.78 is 30.9. The van der Waals surface area contributed by atoms with Gasteiger partial charge in [0.2, 0.25) is 0 Å². The highest BCUT2D eigenvalue weighted by atomic mass is 19.1. The van der Waals surface area contributed by atoms with Crippen LogP contribution in [0.4, 0.5) is 8.78 Å². The van der Waals surface area contributed by atoms with Crippen molar-refractivity contribution in [2.75, 3.05) is 0 Å². The Bertz CT molecular complexity index is 1450. The van der Waals surface area contributed by atoms with Crippen molar-refractivity contribution in [2.24, 2.45) is 0 Å². The Morgan fingerprint density at radius 2 is 1.67 bits per heavy atom. The van der Waals surface area contributed by atoms with Gasteiger partial charge in [0.1, 0.15) is 11.6 Å². The molecule has 4 nitrogen and oxygen atoms in total. The first-order valence-corrected chi connectivity index (χ1v) is 9.36. The fourth-order valence-electron chi connectivity index (χ4n) is 3.57. The van der Waals surface area contributed by atoms with Gasteiger partial charge in [0.25, 0.3) is 5.56 Å². The van der Waals surface area contributed by atoms with E-state index in [-0.39, 0.29) is 17.7 Å². The molecule has 0 spiro atoms. The molecule has 0 unspecified atom stereocenters. The number of hydrogen-bond acceptors (Lipinski definition) is 3. The zero-order valence-electron chi connectivity index (χ0n) is 15.7. The minimum absolute atomic E-state index is 0.180. The number of hydrogen-bond donors (Lipinski definition) is 0. The summed E-state index contributed by atoms with van der Waals surface area (Å²) in [5.41, 5.74) is 1.12. The molecule has 0 bridgehead atoms. The Morgan fingerprint density at radius 1 is 0.867 bits per heavy atom. The molecule has 2 aromatic heterocycles. The third kappa shape index (κ3) is 3.12. The predicted molar refractivity (Wildman–Crippen MR) is 112 cm³/mol. The summed E-state index contributed by atoms with van der Waals surface area (Å²) in [6.45, 7) is -0.240. The Hall–Kier alpha value is -3.93. The molecular weight excluding hydrogens is 384 g/mol. The topological polar surface area (TPSA) is 47.8 Å². The van der Waals surface area contributed by atoms with E-state index in [2.05, 4.69) is 9.97 Å². The molecule has 0 fully saturated rings. The minimum Gasteiger partial charge on any atom is -0.294 e. The lowest BCUT2D eigenvalue weighted by Gasteiger charge is -2.11. The molecule has 0 saturated carbocycles. The van der Waals surface area contributed by atoms with Gasteiger partial charge in [-0.2, -0.15) is 0 Å². The Balaban J connectivity index is 1.54. The third-order valence-corrected chi connectivity index (χ3v) is 5.17. The molecule has 0 amide bonds. The number of fused-ring (bicyclic) bond motifs is 2. The van der Waals surface area contributed by atoms with Crippen LogP contribution in [-0.4, -0.2) is 14.5 Å². The van der Waals surface area contributed by atoms with E-state index in [1.165, 1.54) is 23.0 Å². The van der Waals surface area contributed by atoms with E-state index in [0.717, 1.165) is 10.8 Å². The van der Waals surface area contributed by atoms with E-state index in [0.29, 0.717) is 22.0 Å². The van der Waals surface area contributed by atoms with E-state index in [9.17, 15) is 13.6 Å². The lowest BCUT2D eigenvalue weighted by atomic mass is 10.0. The van der Waals surface area contributed by atoms with Crippen molar-refractivity contribution in [3.8, 4) is 11.1 Å². The van der Waals surface area contributed by atoms with Crippen molar-refractivity contribution in [2.45, 2.75) is 6.54 Å². The van der Waals surface area contributed by atoms with E-state index in [4.69, 9.17) is 0 Å². The van der Waals surface area contributed by atoms with Crippen molar-refractivity contribution >= 4 is 21.7 Å². The van der Waals surface area contributed by atoms with Gasteiger partial charge in [-0.25, -0.2) is 13.8 Å². The number of nitrogens with zero attached hydrogens (tertiary/aromatic N) is 3. The number of aromatic nitrogens is 3. The van der Waals surface area contributed by atoms with Crippen molar-refractivity contribution in [1.29, 1.82) is 0 Å². The maximum Gasteiger partial charge on any atom is 0.261 e. The van der Waals surface area contributed by atoms with Crippen molar-refractivity contribution in [3.05, 3.63) is 107 Å². The van der Waals surface area contributed by atoms with Crippen LogP contribution in [0.5, 0.6) is 0 Å². The van der Waals surface area contributed by atoms with Gasteiger partial charge in [-0.15, -0.1) is 0 Å². The summed E-state index contributed by atoms with van der Waals surface area (Å²) in [7, 11) is 0. The van der Waals surface area contributed by atoms with Crippen LogP contribution in [0.25, 0.3) is 32.8 Å². The molecule has 0 atom stereocenters. The fourth-order valence-corrected chi connectivity index (χ4v) is 3.57. The predicted octanol–water partition coefficient (Wildman–Crippen LogP) is 4.94. The summed E-state index contributed by atoms with van der Waals surface area (Å²) >= 11 is 0. The van der Waals surface area contributed by atoms with Gasteiger partial charge in [-0.05, 0) is 52.9 Å². The van der Waals surface area contributed by atoms with Crippen LogP contribution in [0.15, 0.2) is 84.2 Å². The second kappa shape index (κ2) is 7.15. The SMILES string of the molecule is O=c1c2ccccc2ncn1Cc1c(F)cc(-c2ccc3ccncc3c2)cc1F. The Labute approximate surface area is 170 Å². The lowest BCUT2D eigenvalue weighted by molar-refractivity contribution is 0.541. The zero-order valence-corrected chi connectivity index (χ0v) is 15.7. The Morgan fingerprint density at radius 3 is 2.50 bits per heavy atom. The second-order valence-electron chi connectivity index (χ2n) is 7.05. The number of para-hydroxylation sites is 1. The van der Waals surface area contributed by atoms with Gasteiger partial charge in [-0.1, -0.05) is 24.3 Å². The van der Waals surface area contributed by atoms with Gasteiger partial charge in [0.15, 0.2) is 0 Å². The van der Waals surface area contributed by atoms with Gasteiger partial charge >= 0.3 is 0 Å². The first kappa shape index (κ1) is 18.1. The standard InChI is InChI=1S/C24H15F2N3O/c25-21-10-17(16-6-5-15-7-8-27-12-18(15)9-16)11-22(26)20(21)13-29-14-28-23-4-2-1-3-19(23)24(29)30/h1-12,14H,13H2. The monoisotopic (exact) mass is 399 g/mol. The highest BCUT2D eigenvalue weighted by Crippen LogP contribution is 2.27. The molecule has 0 aliphatic carbocycles. The highest BCUT2D eigenvalue weighted by molar-refractivity contribution is 5.86. The molecular formula is C24H15F2N3O. The average Bonchev–Trinajstić information content (AvgIpc) is 2.77. The van der Waals surface area contributed by atoms with Gasteiger partial charge in [0, 0.05) is 23.3 Å². The molecule has 146 valence electrons. The fraction of sp³-hybridized carbons (Fsp3) is 0.0417. The summed E-state index contributed by atoms with van der Waals surface area (Å²) in [6.07, 6.45) is 4.71. The molecule has 6 heteroatoms. The molecule has 0 radical (unpaired) electrons. The molecule has 0 saturated heterocycles.